The number of hydrogen-bond acceptors (Lipinski definition) is 5. The van der Waals surface area contributed by atoms with E-state index in [0.717, 1.165) is 15.6 Å². The molecular weight excluding hydrogens is 597 g/mol. The molecule has 0 unspecified atom stereocenters. The van der Waals surface area contributed by atoms with Gasteiger partial charge in [-0.2, -0.15) is 13.2 Å². The molecule has 0 spiro atoms. The molecule has 0 atom stereocenters. The molecule has 0 amide bonds. The van der Waals surface area contributed by atoms with Crippen LogP contribution in [0, 0.1) is 0 Å². The number of hydrogen-bond donors (Lipinski definition) is 0. The van der Waals surface area contributed by atoms with Gasteiger partial charge >= 0.3 is 6.18 Å². The SMILES string of the molecule is O=c1c(-c2ccc(Br)cc2)c(C(F)(F)F)oc2cc(OCc3cc(Br)cc4c3OCOC4)ccc12. The van der Waals surface area contributed by atoms with Crippen LogP contribution in [0.4, 0.5) is 13.2 Å². The summed E-state index contributed by atoms with van der Waals surface area (Å²) in [5.74, 6) is -0.472. The maximum Gasteiger partial charge on any atom is 0.450 e. The van der Waals surface area contributed by atoms with E-state index in [9.17, 15) is 18.0 Å². The monoisotopic (exact) mass is 610 g/mol. The third kappa shape index (κ3) is 4.82. The van der Waals surface area contributed by atoms with Gasteiger partial charge in [0.25, 0.3) is 0 Å². The van der Waals surface area contributed by atoms with E-state index in [2.05, 4.69) is 31.9 Å². The van der Waals surface area contributed by atoms with E-state index in [0.29, 0.717) is 16.8 Å². The van der Waals surface area contributed by atoms with E-state index in [1.165, 1.54) is 30.3 Å². The predicted octanol–water partition coefficient (Wildman–Crippen LogP) is 7.45. The van der Waals surface area contributed by atoms with Crippen LogP contribution < -0.4 is 14.9 Å². The first kappa shape index (κ1) is 23.9. The summed E-state index contributed by atoms with van der Waals surface area (Å²) >= 11 is 6.68. The van der Waals surface area contributed by atoms with Crippen LogP contribution >= 0.6 is 31.9 Å². The van der Waals surface area contributed by atoms with Crippen molar-refractivity contribution in [3.05, 3.63) is 90.7 Å². The largest absolute Gasteiger partial charge is 0.489 e. The quantitative estimate of drug-likeness (QED) is 0.240. The zero-order chi connectivity index (χ0) is 24.7. The Morgan fingerprint density at radius 3 is 2.49 bits per heavy atom. The van der Waals surface area contributed by atoms with Crippen LogP contribution in [0.15, 0.2) is 72.8 Å². The summed E-state index contributed by atoms with van der Waals surface area (Å²) < 4.78 is 65.1. The topological polar surface area (TPSA) is 57.9 Å². The maximum atomic E-state index is 13.9. The first-order chi connectivity index (χ1) is 16.7. The summed E-state index contributed by atoms with van der Waals surface area (Å²) in [4.78, 5) is 13.1. The zero-order valence-electron chi connectivity index (χ0n) is 17.7. The van der Waals surface area contributed by atoms with Crippen molar-refractivity contribution in [3.8, 4) is 22.6 Å². The van der Waals surface area contributed by atoms with Gasteiger partial charge in [0.1, 0.15) is 23.7 Å². The second-order valence-corrected chi connectivity index (χ2v) is 9.58. The number of fused-ring (bicyclic) bond motifs is 2. The second kappa shape index (κ2) is 9.33. The fourth-order valence-electron chi connectivity index (χ4n) is 3.87. The summed E-state index contributed by atoms with van der Waals surface area (Å²) in [6, 6.07) is 13.9. The van der Waals surface area contributed by atoms with Crippen LogP contribution in [0.5, 0.6) is 11.5 Å². The molecule has 0 N–H and O–H groups in total. The Hall–Kier alpha value is -2.82. The minimum absolute atomic E-state index is 0.0172. The number of rotatable bonds is 4. The Kier molecular flexibility index (Phi) is 6.37. The highest BCUT2D eigenvalue weighted by Crippen LogP contribution is 2.38. The van der Waals surface area contributed by atoms with E-state index in [1.54, 1.807) is 12.1 Å². The molecule has 180 valence electrons. The highest BCUT2D eigenvalue weighted by Gasteiger charge is 2.39. The molecule has 1 aliphatic heterocycles. The smallest absolute Gasteiger partial charge is 0.450 e. The van der Waals surface area contributed by atoms with Gasteiger partial charge in [0.15, 0.2) is 6.79 Å². The molecule has 5 nitrogen and oxygen atoms in total. The molecule has 0 saturated carbocycles. The van der Waals surface area contributed by atoms with E-state index < -0.39 is 22.9 Å². The fourth-order valence-corrected chi connectivity index (χ4v) is 4.68. The minimum atomic E-state index is -4.87. The lowest BCUT2D eigenvalue weighted by atomic mass is 10.0. The molecule has 0 fully saturated rings. The predicted molar refractivity (Wildman–Crippen MR) is 129 cm³/mol. The molecule has 1 aromatic heterocycles. The molecule has 0 aliphatic carbocycles. The van der Waals surface area contributed by atoms with Gasteiger partial charge in [0, 0.05) is 26.1 Å². The Morgan fingerprint density at radius 2 is 1.74 bits per heavy atom. The van der Waals surface area contributed by atoms with Gasteiger partial charge in [-0.05, 0) is 42.0 Å². The van der Waals surface area contributed by atoms with Crippen molar-refractivity contribution in [1.82, 2.24) is 0 Å². The second-order valence-electron chi connectivity index (χ2n) is 7.75. The highest BCUT2D eigenvalue weighted by molar-refractivity contribution is 9.10. The summed E-state index contributed by atoms with van der Waals surface area (Å²) in [6.45, 7) is 0.591. The Bertz CT molecular complexity index is 1480. The lowest BCUT2D eigenvalue weighted by Crippen LogP contribution is -2.16. The molecule has 10 heteroatoms. The first-order valence-corrected chi connectivity index (χ1v) is 11.9. The van der Waals surface area contributed by atoms with Gasteiger partial charge in [0.2, 0.25) is 11.2 Å². The molecule has 1 aliphatic rings. The summed E-state index contributed by atoms with van der Waals surface area (Å²) in [5, 5.41) is 0.0172. The molecular formula is C25H15Br2F3O5. The first-order valence-electron chi connectivity index (χ1n) is 10.3. The van der Waals surface area contributed by atoms with Gasteiger partial charge < -0.3 is 18.6 Å². The van der Waals surface area contributed by atoms with Gasteiger partial charge in [-0.1, -0.05) is 44.0 Å². The van der Waals surface area contributed by atoms with Crippen molar-refractivity contribution >= 4 is 42.8 Å². The molecule has 4 aromatic rings. The Morgan fingerprint density at radius 1 is 0.971 bits per heavy atom. The average Bonchev–Trinajstić information content (AvgIpc) is 2.82. The lowest BCUT2D eigenvalue weighted by Gasteiger charge is -2.21. The Balaban J connectivity index is 1.53. The lowest BCUT2D eigenvalue weighted by molar-refractivity contribution is -0.152. The van der Waals surface area contributed by atoms with E-state index >= 15 is 0 Å². The van der Waals surface area contributed by atoms with Gasteiger partial charge in [0.05, 0.1) is 17.6 Å². The number of ether oxygens (including phenoxy) is 3. The van der Waals surface area contributed by atoms with E-state index in [4.69, 9.17) is 18.6 Å². The minimum Gasteiger partial charge on any atom is -0.489 e. The van der Waals surface area contributed by atoms with Crippen LogP contribution in [0.25, 0.3) is 22.1 Å². The maximum absolute atomic E-state index is 13.9. The highest BCUT2D eigenvalue weighted by atomic mass is 79.9. The number of halogens is 5. The van der Waals surface area contributed by atoms with Crippen LogP contribution in [-0.4, -0.2) is 6.79 Å². The molecule has 3 aromatic carbocycles. The molecule has 35 heavy (non-hydrogen) atoms. The van der Waals surface area contributed by atoms with Crippen LogP contribution in [-0.2, 0) is 24.1 Å². The van der Waals surface area contributed by atoms with Crippen LogP contribution in [0.2, 0.25) is 0 Å². The van der Waals surface area contributed by atoms with E-state index in [-0.39, 0.29) is 35.7 Å². The normalized spacial score (nSPS) is 13.4. The third-order valence-electron chi connectivity index (χ3n) is 5.40. The molecule has 0 bridgehead atoms. The van der Waals surface area contributed by atoms with Crippen molar-refractivity contribution in [2.24, 2.45) is 0 Å². The third-order valence-corrected chi connectivity index (χ3v) is 6.39. The van der Waals surface area contributed by atoms with Gasteiger partial charge in [-0.3, -0.25) is 4.79 Å². The summed E-state index contributed by atoms with van der Waals surface area (Å²) in [5.41, 5.74) is 0.166. The van der Waals surface area contributed by atoms with Crippen molar-refractivity contribution in [2.75, 3.05) is 6.79 Å². The van der Waals surface area contributed by atoms with Gasteiger partial charge in [-0.25, -0.2) is 0 Å². The Labute approximate surface area is 213 Å². The fraction of sp³-hybridized carbons (Fsp3) is 0.160. The van der Waals surface area contributed by atoms with Crippen molar-refractivity contribution < 1.29 is 31.8 Å². The number of benzene rings is 3. The standard InChI is InChI=1S/C25H15Br2F3O5/c26-16-3-1-13(2-4-16)21-22(31)19-6-5-18(9-20(19)35-24(21)25(28,29)30)33-11-15-8-17(27)7-14-10-32-12-34-23(14)15/h1-9H,10-12H2. The van der Waals surface area contributed by atoms with Crippen molar-refractivity contribution in [2.45, 2.75) is 19.4 Å². The number of alkyl halides is 3. The van der Waals surface area contributed by atoms with Crippen molar-refractivity contribution in [1.29, 1.82) is 0 Å². The summed E-state index contributed by atoms with van der Waals surface area (Å²) in [7, 11) is 0. The molecule has 0 radical (unpaired) electrons. The van der Waals surface area contributed by atoms with Gasteiger partial charge in [-0.15, -0.1) is 0 Å². The summed E-state index contributed by atoms with van der Waals surface area (Å²) in [6.07, 6.45) is -4.87. The van der Waals surface area contributed by atoms with Crippen LogP contribution in [0.1, 0.15) is 16.9 Å². The molecule has 2 heterocycles. The van der Waals surface area contributed by atoms with E-state index in [1.807, 2.05) is 12.1 Å². The van der Waals surface area contributed by atoms with Crippen molar-refractivity contribution in [3.63, 3.8) is 0 Å². The average molecular weight is 612 g/mol. The zero-order valence-corrected chi connectivity index (χ0v) is 20.9. The van der Waals surface area contributed by atoms with Crippen LogP contribution in [0.3, 0.4) is 0 Å². The molecule has 0 saturated heterocycles. The molecule has 5 rings (SSSR count).